The number of aromatic nitrogens is 2. The van der Waals surface area contributed by atoms with Gasteiger partial charge in [0.1, 0.15) is 17.3 Å². The summed E-state index contributed by atoms with van der Waals surface area (Å²) in [5.41, 5.74) is 0.896. The van der Waals surface area contributed by atoms with Crippen molar-refractivity contribution in [3.8, 4) is 5.75 Å². The van der Waals surface area contributed by atoms with Crippen LogP contribution < -0.4 is 9.64 Å². The highest BCUT2D eigenvalue weighted by Crippen LogP contribution is 2.24. The molecule has 0 radical (unpaired) electrons. The van der Waals surface area contributed by atoms with Crippen LogP contribution in [0, 0.1) is 6.92 Å². The smallest absolute Gasteiger partial charge is 0.404 e. The van der Waals surface area contributed by atoms with Gasteiger partial charge in [-0.05, 0) is 19.1 Å². The van der Waals surface area contributed by atoms with E-state index in [4.69, 9.17) is 4.52 Å². The molecule has 0 bridgehead atoms. The highest BCUT2D eigenvalue weighted by molar-refractivity contribution is 5.41. The van der Waals surface area contributed by atoms with Crippen LogP contribution in [0.3, 0.4) is 0 Å². The van der Waals surface area contributed by atoms with E-state index in [1.807, 2.05) is 17.9 Å². The maximum atomic E-state index is 12.1. The minimum absolute atomic E-state index is 0.314. The zero-order valence-corrected chi connectivity index (χ0v) is 13.1. The van der Waals surface area contributed by atoms with Gasteiger partial charge < -0.3 is 14.2 Å². The number of hydrogen-bond donors (Lipinski definition) is 0. The van der Waals surface area contributed by atoms with Crippen LogP contribution in [0.5, 0.6) is 5.75 Å². The number of hydrogen-bond acceptors (Lipinski definition) is 6. The van der Waals surface area contributed by atoms with Gasteiger partial charge in [0.05, 0.1) is 11.9 Å². The summed E-state index contributed by atoms with van der Waals surface area (Å²) in [6.07, 6.45) is -3.61. The highest BCUT2D eigenvalue weighted by atomic mass is 19.4. The molecule has 0 spiro atoms. The van der Waals surface area contributed by atoms with Crippen LogP contribution in [0.25, 0.3) is 0 Å². The fraction of sp³-hybridized carbons (Fsp3) is 0.467. The molecular formula is C15H17F3N4O2. The minimum Gasteiger partial charge on any atom is -0.404 e. The van der Waals surface area contributed by atoms with Crippen molar-refractivity contribution in [1.82, 2.24) is 15.0 Å². The molecule has 1 aliphatic heterocycles. The van der Waals surface area contributed by atoms with Crippen molar-refractivity contribution in [2.75, 3.05) is 31.1 Å². The number of rotatable bonds is 4. The maximum absolute atomic E-state index is 12.1. The molecule has 130 valence electrons. The van der Waals surface area contributed by atoms with E-state index in [9.17, 15) is 13.2 Å². The van der Waals surface area contributed by atoms with E-state index in [2.05, 4.69) is 19.8 Å². The molecule has 0 unspecified atom stereocenters. The van der Waals surface area contributed by atoms with Gasteiger partial charge in [0, 0.05) is 38.8 Å². The molecule has 0 saturated carbocycles. The molecular weight excluding hydrogens is 325 g/mol. The molecule has 0 aliphatic carbocycles. The first kappa shape index (κ1) is 16.6. The molecule has 3 heterocycles. The first-order valence-electron chi connectivity index (χ1n) is 7.50. The Balaban J connectivity index is 1.52. The van der Waals surface area contributed by atoms with Crippen LogP contribution in [0.15, 0.2) is 28.9 Å². The van der Waals surface area contributed by atoms with Gasteiger partial charge >= 0.3 is 6.36 Å². The lowest BCUT2D eigenvalue weighted by atomic mass is 10.2. The fourth-order valence-corrected chi connectivity index (χ4v) is 2.61. The monoisotopic (exact) mass is 342 g/mol. The lowest BCUT2D eigenvalue weighted by molar-refractivity contribution is -0.274. The summed E-state index contributed by atoms with van der Waals surface area (Å²) in [5, 5.41) is 3.98. The van der Waals surface area contributed by atoms with Gasteiger partial charge in [-0.25, -0.2) is 4.98 Å². The van der Waals surface area contributed by atoms with Gasteiger partial charge in [-0.3, -0.25) is 4.90 Å². The average Bonchev–Trinajstić information content (AvgIpc) is 2.92. The number of alkyl halides is 3. The number of halogens is 3. The zero-order valence-electron chi connectivity index (χ0n) is 13.1. The lowest BCUT2D eigenvalue weighted by Crippen LogP contribution is -2.46. The van der Waals surface area contributed by atoms with E-state index in [-0.39, 0.29) is 5.75 Å². The topological polar surface area (TPSA) is 54.6 Å². The zero-order chi connectivity index (χ0) is 17.2. The third-order valence-corrected chi connectivity index (χ3v) is 3.71. The second-order valence-electron chi connectivity index (χ2n) is 5.59. The second-order valence-corrected chi connectivity index (χ2v) is 5.59. The van der Waals surface area contributed by atoms with Gasteiger partial charge in [-0.15, -0.1) is 13.2 Å². The quantitative estimate of drug-likeness (QED) is 0.851. The number of aryl methyl sites for hydroxylation is 1. The standard InChI is InChI=1S/C15H17F3N4O2/c1-11-8-12(20-24-11)10-21-4-6-22(7-5-21)14-3-2-13(9-19-14)23-15(16,17)18/h2-3,8-9H,4-7,10H2,1H3. The third kappa shape index (κ3) is 4.38. The molecule has 1 saturated heterocycles. The molecule has 3 rings (SSSR count). The average molecular weight is 342 g/mol. The van der Waals surface area contributed by atoms with Crippen molar-refractivity contribution in [2.45, 2.75) is 19.8 Å². The van der Waals surface area contributed by atoms with Gasteiger partial charge in [0.25, 0.3) is 0 Å². The molecule has 0 amide bonds. The van der Waals surface area contributed by atoms with E-state index < -0.39 is 6.36 Å². The molecule has 24 heavy (non-hydrogen) atoms. The molecule has 0 atom stereocenters. The fourth-order valence-electron chi connectivity index (χ4n) is 2.61. The Kier molecular flexibility index (Phi) is 4.61. The van der Waals surface area contributed by atoms with E-state index in [0.717, 1.165) is 50.4 Å². The van der Waals surface area contributed by atoms with Crippen LogP contribution in [-0.2, 0) is 6.54 Å². The Morgan fingerprint density at radius 3 is 2.50 bits per heavy atom. The molecule has 6 nitrogen and oxygen atoms in total. The van der Waals surface area contributed by atoms with Crippen molar-refractivity contribution >= 4 is 5.82 Å². The SMILES string of the molecule is Cc1cc(CN2CCN(c3ccc(OC(F)(F)F)cn3)CC2)no1. The van der Waals surface area contributed by atoms with Crippen molar-refractivity contribution in [3.05, 3.63) is 35.9 Å². The Morgan fingerprint density at radius 2 is 1.96 bits per heavy atom. The molecule has 1 fully saturated rings. The molecule has 0 N–H and O–H groups in total. The van der Waals surface area contributed by atoms with Gasteiger partial charge in [-0.2, -0.15) is 0 Å². The second kappa shape index (κ2) is 6.68. The van der Waals surface area contributed by atoms with Crippen LogP contribution in [0.1, 0.15) is 11.5 Å². The number of nitrogens with zero attached hydrogens (tertiary/aromatic N) is 4. The molecule has 2 aromatic heterocycles. The Hall–Kier alpha value is -2.29. The normalized spacial score (nSPS) is 16.4. The largest absolute Gasteiger partial charge is 0.573 e. The van der Waals surface area contributed by atoms with Crippen LogP contribution >= 0.6 is 0 Å². The molecule has 0 aromatic carbocycles. The number of piperazine rings is 1. The number of pyridine rings is 1. The van der Waals surface area contributed by atoms with E-state index in [0.29, 0.717) is 5.82 Å². The number of anilines is 1. The summed E-state index contributed by atoms with van der Waals surface area (Å²) in [6, 6.07) is 4.73. The van der Waals surface area contributed by atoms with Crippen LogP contribution in [0.4, 0.5) is 19.0 Å². The minimum atomic E-state index is -4.70. The van der Waals surface area contributed by atoms with Crippen molar-refractivity contribution < 1.29 is 22.4 Å². The van der Waals surface area contributed by atoms with Gasteiger partial charge in [-0.1, -0.05) is 5.16 Å². The summed E-state index contributed by atoms with van der Waals surface area (Å²) in [5.74, 6) is 1.11. The summed E-state index contributed by atoms with van der Waals surface area (Å²) < 4.78 is 45.3. The maximum Gasteiger partial charge on any atom is 0.573 e. The van der Waals surface area contributed by atoms with Crippen molar-refractivity contribution in [3.63, 3.8) is 0 Å². The van der Waals surface area contributed by atoms with E-state index in [1.165, 1.54) is 12.1 Å². The summed E-state index contributed by atoms with van der Waals surface area (Å²) in [6.45, 7) is 5.68. The predicted octanol–water partition coefficient (Wildman–Crippen LogP) is 2.60. The van der Waals surface area contributed by atoms with Crippen LogP contribution in [0.2, 0.25) is 0 Å². The Bertz CT molecular complexity index is 664. The first-order valence-corrected chi connectivity index (χ1v) is 7.50. The lowest BCUT2D eigenvalue weighted by Gasteiger charge is -2.35. The van der Waals surface area contributed by atoms with Crippen molar-refractivity contribution in [1.29, 1.82) is 0 Å². The third-order valence-electron chi connectivity index (χ3n) is 3.71. The van der Waals surface area contributed by atoms with E-state index >= 15 is 0 Å². The molecule has 2 aromatic rings. The Labute approximate surface area is 136 Å². The predicted molar refractivity (Wildman–Crippen MR) is 79.7 cm³/mol. The van der Waals surface area contributed by atoms with Gasteiger partial charge in [0.2, 0.25) is 0 Å². The summed E-state index contributed by atoms with van der Waals surface area (Å²) in [4.78, 5) is 8.33. The van der Waals surface area contributed by atoms with Gasteiger partial charge in [0.15, 0.2) is 0 Å². The first-order chi connectivity index (χ1) is 11.4. The highest BCUT2D eigenvalue weighted by Gasteiger charge is 2.31. The van der Waals surface area contributed by atoms with E-state index in [1.54, 1.807) is 0 Å². The molecule has 1 aliphatic rings. The summed E-state index contributed by atoms with van der Waals surface area (Å²) >= 11 is 0. The Morgan fingerprint density at radius 1 is 1.21 bits per heavy atom. The number of ether oxygens (including phenoxy) is 1. The molecule has 9 heteroatoms. The van der Waals surface area contributed by atoms with Crippen LogP contribution in [-0.4, -0.2) is 47.6 Å². The van der Waals surface area contributed by atoms with Crippen molar-refractivity contribution in [2.24, 2.45) is 0 Å². The summed E-state index contributed by atoms with van der Waals surface area (Å²) in [7, 11) is 0.